The third-order valence-corrected chi connectivity index (χ3v) is 3.49. The highest BCUT2D eigenvalue weighted by Gasteiger charge is 2.68. The van der Waals surface area contributed by atoms with E-state index in [0.717, 1.165) is 11.3 Å². The number of hydrogen-bond acceptors (Lipinski definition) is 0. The molecule has 0 aliphatic heterocycles. The van der Waals surface area contributed by atoms with E-state index in [1.54, 1.807) is 5.56 Å². The molecule has 1 aromatic carbocycles. The number of benzene rings is 1. The van der Waals surface area contributed by atoms with Gasteiger partial charge in [-0.1, -0.05) is 29.8 Å². The summed E-state index contributed by atoms with van der Waals surface area (Å²) >= 11 is 0. The van der Waals surface area contributed by atoms with Crippen LogP contribution in [0.15, 0.2) is 24.3 Å². The first-order valence-electron chi connectivity index (χ1n) is 4.84. The lowest BCUT2D eigenvalue weighted by molar-refractivity contribution is 0.643. The molecule has 12 heavy (non-hydrogen) atoms. The minimum Gasteiger partial charge on any atom is -0.0617 e. The number of fused-ring (bicyclic) bond motifs is 1. The number of rotatable bonds is 2. The third kappa shape index (κ3) is 0.906. The van der Waals surface area contributed by atoms with E-state index in [1.807, 2.05) is 0 Å². The number of aryl methyl sites for hydroxylation is 1. The molecule has 0 spiro atoms. The Balaban J connectivity index is 1.82. The summed E-state index contributed by atoms with van der Waals surface area (Å²) in [4.78, 5) is 0. The number of hydrogen-bond donors (Lipinski definition) is 0. The van der Waals surface area contributed by atoms with Crippen molar-refractivity contribution in [3.05, 3.63) is 35.4 Å². The van der Waals surface area contributed by atoms with Crippen molar-refractivity contribution >= 4 is 0 Å². The van der Waals surface area contributed by atoms with Crippen LogP contribution in [-0.2, 0) is 6.42 Å². The van der Waals surface area contributed by atoms with Crippen molar-refractivity contribution in [1.29, 1.82) is 0 Å². The smallest absolute Gasteiger partial charge is 0.0219 e. The Morgan fingerprint density at radius 1 is 1.42 bits per heavy atom. The van der Waals surface area contributed by atoms with E-state index in [-0.39, 0.29) is 0 Å². The lowest BCUT2D eigenvalue weighted by Crippen LogP contribution is -1.93. The molecule has 0 atom stereocenters. The largest absolute Gasteiger partial charge is 0.0617 e. The molecule has 0 N–H and O–H groups in total. The van der Waals surface area contributed by atoms with Crippen molar-refractivity contribution in [2.45, 2.75) is 26.2 Å². The summed E-state index contributed by atoms with van der Waals surface area (Å²) in [6, 6.07) is 8.97. The van der Waals surface area contributed by atoms with Crippen molar-refractivity contribution in [2.75, 3.05) is 0 Å². The van der Waals surface area contributed by atoms with E-state index in [9.17, 15) is 0 Å². The molecule has 0 unspecified atom stereocenters. The van der Waals surface area contributed by atoms with Crippen LogP contribution in [0.4, 0.5) is 0 Å². The molecule has 0 heterocycles. The molecule has 0 nitrogen and oxygen atoms in total. The van der Waals surface area contributed by atoms with Crippen LogP contribution >= 0.6 is 0 Å². The average Bonchev–Trinajstić information content (AvgIpc) is 2.76. The molecular weight excluding hydrogens is 144 g/mol. The second-order valence-electron chi connectivity index (χ2n) is 4.63. The SMILES string of the molecule is Cc1cccc(CC23CC2C3)c1. The first-order chi connectivity index (χ1) is 5.78. The van der Waals surface area contributed by atoms with Gasteiger partial charge in [0.1, 0.15) is 0 Å². The van der Waals surface area contributed by atoms with Gasteiger partial charge in [-0.3, -0.25) is 0 Å². The third-order valence-electron chi connectivity index (χ3n) is 3.49. The van der Waals surface area contributed by atoms with Crippen LogP contribution in [0.5, 0.6) is 0 Å². The van der Waals surface area contributed by atoms with E-state index in [0.29, 0.717) is 0 Å². The maximum atomic E-state index is 2.34. The van der Waals surface area contributed by atoms with Gasteiger partial charge in [0, 0.05) is 0 Å². The minimum absolute atomic E-state index is 0.813. The van der Waals surface area contributed by atoms with E-state index in [4.69, 9.17) is 0 Å². The standard InChI is InChI=1S/C12H14/c1-9-3-2-4-10(5-9)6-12-7-11(12)8-12/h2-5,11H,6-8H2,1H3. The topological polar surface area (TPSA) is 0 Å². The maximum absolute atomic E-state index is 2.34. The van der Waals surface area contributed by atoms with Gasteiger partial charge in [-0.25, -0.2) is 0 Å². The predicted octanol–water partition coefficient (Wildman–Crippen LogP) is 2.95. The normalized spacial score (nSPS) is 35.9. The molecule has 3 rings (SSSR count). The Labute approximate surface area is 73.6 Å². The lowest BCUT2D eigenvalue weighted by atomic mass is 10.0. The van der Waals surface area contributed by atoms with Crippen LogP contribution in [0.3, 0.4) is 0 Å². The molecule has 0 saturated heterocycles. The molecule has 0 bridgehead atoms. The van der Waals surface area contributed by atoms with Crippen molar-refractivity contribution < 1.29 is 0 Å². The molecule has 2 aliphatic rings. The molecule has 2 aliphatic carbocycles. The van der Waals surface area contributed by atoms with E-state index < -0.39 is 0 Å². The highest BCUT2D eigenvalue weighted by Crippen LogP contribution is 2.76. The zero-order valence-electron chi connectivity index (χ0n) is 7.51. The van der Waals surface area contributed by atoms with Gasteiger partial charge in [0.2, 0.25) is 0 Å². The van der Waals surface area contributed by atoms with Gasteiger partial charge in [0.15, 0.2) is 0 Å². The van der Waals surface area contributed by atoms with E-state index >= 15 is 0 Å². The molecule has 1 aromatic rings. The molecule has 62 valence electrons. The Hall–Kier alpha value is -0.780. The maximum Gasteiger partial charge on any atom is -0.0219 e. The molecule has 0 aromatic heterocycles. The molecular formula is C12H14. The van der Waals surface area contributed by atoms with Crippen LogP contribution < -0.4 is 0 Å². The van der Waals surface area contributed by atoms with Gasteiger partial charge in [-0.05, 0) is 43.1 Å². The highest BCUT2D eigenvalue weighted by atomic mass is 14.7. The summed E-state index contributed by atoms with van der Waals surface area (Å²) < 4.78 is 0. The summed E-state index contributed by atoms with van der Waals surface area (Å²) in [5, 5.41) is 0. The Morgan fingerprint density at radius 2 is 2.17 bits per heavy atom. The fourth-order valence-electron chi connectivity index (χ4n) is 2.32. The second kappa shape index (κ2) is 1.93. The van der Waals surface area contributed by atoms with Crippen molar-refractivity contribution in [3.8, 4) is 0 Å². The highest BCUT2D eigenvalue weighted by molar-refractivity contribution is 5.29. The van der Waals surface area contributed by atoms with Gasteiger partial charge in [-0.15, -0.1) is 0 Å². The van der Waals surface area contributed by atoms with Gasteiger partial charge < -0.3 is 0 Å². The van der Waals surface area contributed by atoms with Crippen LogP contribution in [-0.4, -0.2) is 0 Å². The fraction of sp³-hybridized carbons (Fsp3) is 0.500. The van der Waals surface area contributed by atoms with Crippen molar-refractivity contribution in [1.82, 2.24) is 0 Å². The fourth-order valence-corrected chi connectivity index (χ4v) is 2.32. The second-order valence-corrected chi connectivity index (χ2v) is 4.63. The summed E-state index contributed by atoms with van der Waals surface area (Å²) in [5.41, 5.74) is 3.77. The van der Waals surface area contributed by atoms with E-state index in [1.165, 1.54) is 24.8 Å². The Bertz CT molecular complexity index is 319. The minimum atomic E-state index is 0.813. The molecule has 2 saturated carbocycles. The Morgan fingerprint density at radius 3 is 2.75 bits per heavy atom. The lowest BCUT2D eigenvalue weighted by Gasteiger charge is -2.03. The zero-order valence-corrected chi connectivity index (χ0v) is 7.51. The Kier molecular flexibility index (Phi) is 1.08. The van der Waals surface area contributed by atoms with Crippen LogP contribution in [0, 0.1) is 18.3 Å². The van der Waals surface area contributed by atoms with Crippen LogP contribution in [0.2, 0.25) is 0 Å². The van der Waals surface area contributed by atoms with Gasteiger partial charge in [0.05, 0.1) is 0 Å². The summed E-state index contributed by atoms with van der Waals surface area (Å²) in [5.74, 6) is 1.12. The van der Waals surface area contributed by atoms with Crippen LogP contribution in [0.25, 0.3) is 0 Å². The zero-order chi connectivity index (χ0) is 8.18. The molecule has 0 amide bonds. The summed E-state index contributed by atoms with van der Waals surface area (Å²) in [6.45, 7) is 2.18. The molecule has 0 heteroatoms. The first kappa shape index (κ1) is 6.71. The quantitative estimate of drug-likeness (QED) is 0.620. The summed E-state index contributed by atoms with van der Waals surface area (Å²) in [6.07, 6.45) is 4.38. The van der Waals surface area contributed by atoms with Crippen LogP contribution in [0.1, 0.15) is 24.0 Å². The van der Waals surface area contributed by atoms with Gasteiger partial charge in [-0.2, -0.15) is 0 Å². The van der Waals surface area contributed by atoms with Crippen molar-refractivity contribution in [2.24, 2.45) is 11.3 Å². The first-order valence-corrected chi connectivity index (χ1v) is 4.84. The molecule has 2 fully saturated rings. The van der Waals surface area contributed by atoms with Gasteiger partial charge >= 0.3 is 0 Å². The van der Waals surface area contributed by atoms with Crippen molar-refractivity contribution in [3.63, 3.8) is 0 Å². The van der Waals surface area contributed by atoms with E-state index in [2.05, 4.69) is 31.2 Å². The monoisotopic (exact) mass is 158 g/mol. The molecule has 0 radical (unpaired) electrons. The average molecular weight is 158 g/mol. The summed E-state index contributed by atoms with van der Waals surface area (Å²) in [7, 11) is 0. The predicted molar refractivity (Wildman–Crippen MR) is 50.0 cm³/mol. The van der Waals surface area contributed by atoms with Gasteiger partial charge in [0.25, 0.3) is 0 Å².